The van der Waals surface area contributed by atoms with Gasteiger partial charge in [-0.05, 0) is 19.3 Å². The largest absolute Gasteiger partial charge is 0.375 e. The molecule has 1 aliphatic heterocycles. The minimum absolute atomic E-state index is 0.216. The van der Waals surface area contributed by atoms with Crippen LogP contribution in [-0.4, -0.2) is 36.6 Å². The summed E-state index contributed by atoms with van der Waals surface area (Å²) in [4.78, 5) is 13.7. The third kappa shape index (κ3) is 2.71. The average molecular weight is 197 g/mol. The molecule has 1 amide bonds. The van der Waals surface area contributed by atoms with Crippen molar-refractivity contribution in [2.45, 2.75) is 38.7 Å². The predicted molar refractivity (Wildman–Crippen MR) is 54.0 cm³/mol. The van der Waals surface area contributed by atoms with Crippen LogP contribution in [0.25, 0.3) is 0 Å². The first kappa shape index (κ1) is 9.97. The van der Waals surface area contributed by atoms with E-state index < -0.39 is 0 Å². The van der Waals surface area contributed by atoms with Gasteiger partial charge in [-0.25, -0.2) is 0 Å². The van der Waals surface area contributed by atoms with Gasteiger partial charge < -0.3 is 9.64 Å². The molecule has 1 atom stereocenters. The Morgan fingerprint density at radius 3 is 2.93 bits per heavy atom. The summed E-state index contributed by atoms with van der Waals surface area (Å²) in [6.45, 7) is 4.30. The first-order valence-corrected chi connectivity index (χ1v) is 5.65. The van der Waals surface area contributed by atoms with Crippen molar-refractivity contribution in [1.82, 2.24) is 4.90 Å². The lowest BCUT2D eigenvalue weighted by Gasteiger charge is -2.31. The Kier molecular flexibility index (Phi) is 3.06. The first-order chi connectivity index (χ1) is 6.75. The van der Waals surface area contributed by atoms with Gasteiger partial charge in [-0.15, -0.1) is 0 Å². The van der Waals surface area contributed by atoms with E-state index in [2.05, 4.69) is 0 Å². The normalized spacial score (nSPS) is 27.8. The Labute approximate surface area is 85.4 Å². The van der Waals surface area contributed by atoms with Crippen LogP contribution in [0, 0.1) is 5.92 Å². The van der Waals surface area contributed by atoms with Crippen LogP contribution in [0.1, 0.15) is 32.6 Å². The highest BCUT2D eigenvalue weighted by atomic mass is 16.5. The zero-order valence-electron chi connectivity index (χ0n) is 8.87. The lowest BCUT2D eigenvalue weighted by molar-refractivity contribution is -0.138. The molecule has 0 spiro atoms. The summed E-state index contributed by atoms with van der Waals surface area (Å²) in [5, 5.41) is 0. The van der Waals surface area contributed by atoms with Gasteiger partial charge in [0.15, 0.2) is 0 Å². The second kappa shape index (κ2) is 4.30. The highest BCUT2D eigenvalue weighted by molar-refractivity contribution is 5.76. The number of hydrogen-bond acceptors (Lipinski definition) is 2. The first-order valence-electron chi connectivity index (χ1n) is 5.65. The van der Waals surface area contributed by atoms with Crippen LogP contribution in [0.3, 0.4) is 0 Å². The molecule has 3 heteroatoms. The van der Waals surface area contributed by atoms with Crippen LogP contribution < -0.4 is 0 Å². The quantitative estimate of drug-likeness (QED) is 0.685. The molecule has 1 aliphatic carbocycles. The molecule has 0 aromatic carbocycles. The van der Waals surface area contributed by atoms with Crippen LogP contribution in [0.4, 0.5) is 0 Å². The van der Waals surface area contributed by atoms with Crippen LogP contribution in [-0.2, 0) is 9.53 Å². The van der Waals surface area contributed by atoms with Gasteiger partial charge in [0.1, 0.15) is 0 Å². The van der Waals surface area contributed by atoms with Gasteiger partial charge in [-0.2, -0.15) is 0 Å². The number of ether oxygens (including phenoxy) is 1. The molecule has 1 unspecified atom stereocenters. The van der Waals surface area contributed by atoms with E-state index >= 15 is 0 Å². The van der Waals surface area contributed by atoms with Crippen molar-refractivity contribution in [2.24, 2.45) is 5.92 Å². The summed E-state index contributed by atoms with van der Waals surface area (Å²) in [6, 6.07) is 0. The fourth-order valence-electron chi connectivity index (χ4n) is 1.94. The molecule has 1 saturated heterocycles. The maximum atomic E-state index is 11.7. The third-order valence-corrected chi connectivity index (χ3v) is 3.06. The standard InChI is InChI=1S/C11H19NO2/c1-9-8-12(6-7-14-9)11(13)5-4-10-2-3-10/h9-10H,2-8H2,1H3. The molecule has 3 nitrogen and oxygen atoms in total. The highest BCUT2D eigenvalue weighted by Crippen LogP contribution is 2.33. The molecule has 2 aliphatic rings. The molecule has 0 aromatic heterocycles. The van der Waals surface area contributed by atoms with E-state index in [0.717, 1.165) is 31.8 Å². The summed E-state index contributed by atoms with van der Waals surface area (Å²) < 4.78 is 5.40. The minimum atomic E-state index is 0.216. The Morgan fingerprint density at radius 2 is 2.29 bits per heavy atom. The molecule has 1 saturated carbocycles. The monoisotopic (exact) mass is 197 g/mol. The van der Waals surface area contributed by atoms with Gasteiger partial charge in [0.05, 0.1) is 12.7 Å². The fraction of sp³-hybridized carbons (Fsp3) is 0.909. The van der Waals surface area contributed by atoms with Crippen molar-refractivity contribution in [3.05, 3.63) is 0 Å². The molecule has 2 fully saturated rings. The number of carbonyl (C=O) groups excluding carboxylic acids is 1. The number of morpholine rings is 1. The molecule has 14 heavy (non-hydrogen) atoms. The second-order valence-corrected chi connectivity index (χ2v) is 4.50. The maximum absolute atomic E-state index is 11.7. The second-order valence-electron chi connectivity index (χ2n) is 4.50. The van der Waals surface area contributed by atoms with Crippen molar-refractivity contribution in [3.8, 4) is 0 Å². The molecule has 2 rings (SSSR count). The number of hydrogen-bond donors (Lipinski definition) is 0. The van der Waals surface area contributed by atoms with Crippen LogP contribution in [0.15, 0.2) is 0 Å². The van der Waals surface area contributed by atoms with E-state index in [1.807, 2.05) is 11.8 Å². The van der Waals surface area contributed by atoms with Gasteiger partial charge >= 0.3 is 0 Å². The van der Waals surface area contributed by atoms with Gasteiger partial charge in [0.25, 0.3) is 0 Å². The number of nitrogens with zero attached hydrogens (tertiary/aromatic N) is 1. The van der Waals surface area contributed by atoms with Gasteiger partial charge in [-0.3, -0.25) is 4.79 Å². The smallest absolute Gasteiger partial charge is 0.222 e. The van der Waals surface area contributed by atoms with Gasteiger partial charge in [0.2, 0.25) is 5.91 Å². The summed E-state index contributed by atoms with van der Waals surface area (Å²) in [6.07, 6.45) is 4.75. The Morgan fingerprint density at radius 1 is 1.50 bits per heavy atom. The van der Waals surface area contributed by atoms with E-state index in [4.69, 9.17) is 4.74 Å². The van der Waals surface area contributed by atoms with Crippen molar-refractivity contribution in [3.63, 3.8) is 0 Å². The van der Waals surface area contributed by atoms with E-state index in [0.29, 0.717) is 12.5 Å². The summed E-state index contributed by atoms with van der Waals surface area (Å²) >= 11 is 0. The van der Waals surface area contributed by atoms with Gasteiger partial charge in [0, 0.05) is 19.5 Å². The van der Waals surface area contributed by atoms with Crippen LogP contribution in [0.2, 0.25) is 0 Å². The van der Waals surface area contributed by atoms with E-state index in [-0.39, 0.29) is 6.10 Å². The summed E-state index contributed by atoms with van der Waals surface area (Å²) in [7, 11) is 0. The number of rotatable bonds is 3. The molecule has 80 valence electrons. The lowest BCUT2D eigenvalue weighted by atomic mass is 10.2. The van der Waals surface area contributed by atoms with Crippen molar-refractivity contribution < 1.29 is 9.53 Å². The van der Waals surface area contributed by atoms with E-state index in [9.17, 15) is 4.79 Å². The maximum Gasteiger partial charge on any atom is 0.222 e. The predicted octanol–water partition coefficient (Wildman–Crippen LogP) is 1.42. The minimum Gasteiger partial charge on any atom is -0.375 e. The number of carbonyl (C=O) groups is 1. The Balaban J connectivity index is 1.71. The molecule has 0 aromatic rings. The van der Waals surface area contributed by atoms with Crippen molar-refractivity contribution in [2.75, 3.05) is 19.7 Å². The highest BCUT2D eigenvalue weighted by Gasteiger charge is 2.25. The molecule has 1 heterocycles. The van der Waals surface area contributed by atoms with Crippen molar-refractivity contribution >= 4 is 5.91 Å². The Hall–Kier alpha value is -0.570. The van der Waals surface area contributed by atoms with Crippen molar-refractivity contribution in [1.29, 1.82) is 0 Å². The fourth-order valence-corrected chi connectivity index (χ4v) is 1.94. The molecular formula is C11H19NO2. The Bertz CT molecular complexity index is 213. The van der Waals surface area contributed by atoms with Crippen LogP contribution in [0.5, 0.6) is 0 Å². The summed E-state index contributed by atoms with van der Waals surface area (Å²) in [5.74, 6) is 1.18. The molecule has 0 bridgehead atoms. The topological polar surface area (TPSA) is 29.5 Å². The van der Waals surface area contributed by atoms with E-state index in [1.54, 1.807) is 0 Å². The molecule has 0 radical (unpaired) electrons. The number of amides is 1. The van der Waals surface area contributed by atoms with Gasteiger partial charge in [-0.1, -0.05) is 12.8 Å². The average Bonchev–Trinajstić information content (AvgIpc) is 2.97. The van der Waals surface area contributed by atoms with E-state index in [1.165, 1.54) is 12.8 Å². The lowest BCUT2D eigenvalue weighted by Crippen LogP contribution is -2.44. The zero-order chi connectivity index (χ0) is 9.97. The van der Waals surface area contributed by atoms with Crippen LogP contribution >= 0.6 is 0 Å². The SMILES string of the molecule is CC1CN(C(=O)CCC2CC2)CCO1. The molecule has 0 N–H and O–H groups in total. The molecular weight excluding hydrogens is 178 g/mol. The third-order valence-electron chi connectivity index (χ3n) is 3.06. The summed E-state index contributed by atoms with van der Waals surface area (Å²) in [5.41, 5.74) is 0. The zero-order valence-corrected chi connectivity index (χ0v) is 8.87.